The molecule has 3 nitrogen and oxygen atoms in total. The van der Waals surface area contributed by atoms with Gasteiger partial charge in [-0.15, -0.1) is 0 Å². The highest BCUT2D eigenvalue weighted by atomic mass is 79.9. The summed E-state index contributed by atoms with van der Waals surface area (Å²) in [5, 5.41) is 3.41. The molecule has 20 heavy (non-hydrogen) atoms. The Hall–Kier alpha value is -1.68. The number of benzene rings is 2. The molecule has 0 bridgehead atoms. The van der Waals surface area contributed by atoms with Crippen LogP contribution in [-0.4, -0.2) is 13.7 Å². The Morgan fingerprint density at radius 1 is 1.30 bits per heavy atom. The highest BCUT2D eigenvalue weighted by molar-refractivity contribution is 9.10. The smallest absolute Gasteiger partial charge is 0.157 e. The maximum atomic E-state index is 6.16. The van der Waals surface area contributed by atoms with Crippen molar-refractivity contribution in [2.24, 2.45) is 0 Å². The molecule has 0 radical (unpaired) electrons. The van der Waals surface area contributed by atoms with Gasteiger partial charge < -0.3 is 14.8 Å². The molecule has 1 aliphatic heterocycles. The van der Waals surface area contributed by atoms with Crippen LogP contribution < -0.4 is 14.8 Å². The molecule has 0 aromatic heterocycles. The van der Waals surface area contributed by atoms with Gasteiger partial charge in [-0.2, -0.15) is 0 Å². The molecule has 104 valence electrons. The summed E-state index contributed by atoms with van der Waals surface area (Å²) < 4.78 is 12.6. The molecular weight excluding hydrogens is 318 g/mol. The number of halogens is 1. The second-order valence-corrected chi connectivity index (χ2v) is 5.70. The minimum Gasteiger partial charge on any atom is -0.496 e. The molecule has 0 saturated carbocycles. The minimum absolute atomic E-state index is 0.0592. The van der Waals surface area contributed by atoms with Gasteiger partial charge in [0.2, 0.25) is 0 Å². The summed E-state index contributed by atoms with van der Waals surface area (Å²) in [5.41, 5.74) is 3.28. The van der Waals surface area contributed by atoms with Crippen LogP contribution in [0, 0.1) is 6.92 Å². The summed E-state index contributed by atoms with van der Waals surface area (Å²) >= 11 is 3.54. The van der Waals surface area contributed by atoms with Gasteiger partial charge in [-0.1, -0.05) is 17.7 Å². The van der Waals surface area contributed by atoms with Crippen molar-refractivity contribution in [1.29, 1.82) is 0 Å². The fourth-order valence-corrected chi connectivity index (χ4v) is 2.89. The standard InChI is InChI=1S/C16H16BrNO2/c1-10-6-7-14(19-2)11(8-10)15-9-18-13-5-3-4-12(17)16(13)20-15/h3-8,15,18H,9H2,1-2H3. The quantitative estimate of drug-likeness (QED) is 0.888. The molecule has 0 spiro atoms. The van der Waals surface area contributed by atoms with Gasteiger partial charge in [0.05, 0.1) is 23.8 Å². The Morgan fingerprint density at radius 3 is 2.95 bits per heavy atom. The number of fused-ring (bicyclic) bond motifs is 1. The zero-order valence-electron chi connectivity index (χ0n) is 11.4. The molecular formula is C16H16BrNO2. The van der Waals surface area contributed by atoms with E-state index < -0.39 is 0 Å². The number of para-hydroxylation sites is 1. The van der Waals surface area contributed by atoms with E-state index in [1.807, 2.05) is 30.3 Å². The van der Waals surface area contributed by atoms with Crippen LogP contribution in [0.5, 0.6) is 11.5 Å². The van der Waals surface area contributed by atoms with Gasteiger partial charge >= 0.3 is 0 Å². The number of nitrogens with one attached hydrogen (secondary N) is 1. The van der Waals surface area contributed by atoms with Gasteiger partial charge in [-0.3, -0.25) is 0 Å². The predicted molar refractivity (Wildman–Crippen MR) is 83.7 cm³/mol. The number of methoxy groups -OCH3 is 1. The average Bonchev–Trinajstić information content (AvgIpc) is 2.47. The van der Waals surface area contributed by atoms with Crippen molar-refractivity contribution < 1.29 is 9.47 Å². The molecule has 1 N–H and O–H groups in total. The Morgan fingerprint density at radius 2 is 2.15 bits per heavy atom. The second kappa shape index (κ2) is 5.37. The van der Waals surface area contributed by atoms with Gasteiger partial charge in [-0.25, -0.2) is 0 Å². The first-order valence-corrected chi connectivity index (χ1v) is 7.32. The predicted octanol–water partition coefficient (Wildman–Crippen LogP) is 4.31. The zero-order valence-corrected chi connectivity index (χ0v) is 13.0. The molecule has 3 rings (SSSR count). The molecule has 2 aromatic rings. The topological polar surface area (TPSA) is 30.5 Å². The summed E-state index contributed by atoms with van der Waals surface area (Å²) in [4.78, 5) is 0. The van der Waals surface area contributed by atoms with Crippen molar-refractivity contribution in [3.8, 4) is 11.5 Å². The van der Waals surface area contributed by atoms with Crippen LogP contribution >= 0.6 is 15.9 Å². The molecule has 4 heteroatoms. The minimum atomic E-state index is -0.0592. The van der Waals surface area contributed by atoms with Crippen LogP contribution in [0.3, 0.4) is 0 Å². The van der Waals surface area contributed by atoms with E-state index in [-0.39, 0.29) is 6.10 Å². The summed E-state index contributed by atoms with van der Waals surface area (Å²) in [6.45, 7) is 2.80. The molecule has 1 unspecified atom stereocenters. The summed E-state index contributed by atoms with van der Waals surface area (Å²) in [5.74, 6) is 1.71. The Labute approximate surface area is 127 Å². The van der Waals surface area contributed by atoms with E-state index in [2.05, 4.69) is 34.2 Å². The maximum absolute atomic E-state index is 6.16. The van der Waals surface area contributed by atoms with Crippen LogP contribution in [-0.2, 0) is 0 Å². The van der Waals surface area contributed by atoms with Crippen molar-refractivity contribution >= 4 is 21.6 Å². The Bertz CT molecular complexity index is 642. The van der Waals surface area contributed by atoms with Gasteiger partial charge in [0.25, 0.3) is 0 Å². The van der Waals surface area contributed by atoms with Gasteiger partial charge in [0.1, 0.15) is 11.9 Å². The normalized spacial score (nSPS) is 16.9. The fourth-order valence-electron chi connectivity index (χ4n) is 2.43. The van der Waals surface area contributed by atoms with E-state index in [1.165, 1.54) is 5.56 Å². The number of ether oxygens (including phenoxy) is 2. The Balaban J connectivity index is 1.98. The molecule has 1 atom stereocenters. The van der Waals surface area contributed by atoms with Crippen LogP contribution in [0.15, 0.2) is 40.9 Å². The number of anilines is 1. The highest BCUT2D eigenvalue weighted by Crippen LogP contribution is 2.41. The molecule has 2 aromatic carbocycles. The van der Waals surface area contributed by atoms with E-state index in [0.717, 1.165) is 33.8 Å². The summed E-state index contributed by atoms with van der Waals surface area (Å²) in [6.07, 6.45) is -0.0592. The van der Waals surface area contributed by atoms with Crippen molar-refractivity contribution in [1.82, 2.24) is 0 Å². The van der Waals surface area contributed by atoms with Crippen LogP contribution in [0.1, 0.15) is 17.2 Å². The number of aryl methyl sites for hydroxylation is 1. The van der Waals surface area contributed by atoms with Crippen molar-refractivity contribution in [2.75, 3.05) is 19.0 Å². The summed E-state index contributed by atoms with van der Waals surface area (Å²) in [7, 11) is 1.69. The van der Waals surface area contributed by atoms with E-state index in [4.69, 9.17) is 9.47 Å². The SMILES string of the molecule is COc1ccc(C)cc1C1CNc2cccc(Br)c2O1. The average molecular weight is 334 g/mol. The third-order valence-corrected chi connectivity index (χ3v) is 4.06. The van der Waals surface area contributed by atoms with E-state index >= 15 is 0 Å². The number of hydrogen-bond donors (Lipinski definition) is 1. The lowest BCUT2D eigenvalue weighted by Gasteiger charge is -2.29. The maximum Gasteiger partial charge on any atom is 0.157 e. The summed E-state index contributed by atoms with van der Waals surface area (Å²) in [6, 6.07) is 12.1. The fraction of sp³-hybridized carbons (Fsp3) is 0.250. The zero-order chi connectivity index (χ0) is 14.1. The van der Waals surface area contributed by atoms with Crippen LogP contribution in [0.25, 0.3) is 0 Å². The molecule has 0 saturated heterocycles. The first-order valence-electron chi connectivity index (χ1n) is 6.52. The van der Waals surface area contributed by atoms with Gasteiger partial charge in [0.15, 0.2) is 5.75 Å². The van der Waals surface area contributed by atoms with Gasteiger partial charge in [-0.05, 0) is 47.1 Å². The number of hydrogen-bond acceptors (Lipinski definition) is 3. The van der Waals surface area contributed by atoms with Crippen LogP contribution in [0.2, 0.25) is 0 Å². The molecule has 0 amide bonds. The second-order valence-electron chi connectivity index (χ2n) is 4.85. The van der Waals surface area contributed by atoms with Gasteiger partial charge in [0, 0.05) is 5.56 Å². The lowest BCUT2D eigenvalue weighted by atomic mass is 10.0. The first-order chi connectivity index (χ1) is 9.69. The van der Waals surface area contributed by atoms with E-state index in [0.29, 0.717) is 0 Å². The lowest BCUT2D eigenvalue weighted by Crippen LogP contribution is -2.24. The third-order valence-electron chi connectivity index (χ3n) is 3.44. The van der Waals surface area contributed by atoms with Crippen molar-refractivity contribution in [3.63, 3.8) is 0 Å². The number of rotatable bonds is 2. The van der Waals surface area contributed by atoms with Crippen LogP contribution in [0.4, 0.5) is 5.69 Å². The lowest BCUT2D eigenvalue weighted by molar-refractivity contribution is 0.204. The Kier molecular flexibility index (Phi) is 3.57. The van der Waals surface area contributed by atoms with E-state index in [9.17, 15) is 0 Å². The van der Waals surface area contributed by atoms with E-state index in [1.54, 1.807) is 7.11 Å². The highest BCUT2D eigenvalue weighted by Gasteiger charge is 2.25. The molecule has 0 fully saturated rings. The van der Waals surface area contributed by atoms with Crippen molar-refractivity contribution in [3.05, 3.63) is 52.0 Å². The monoisotopic (exact) mass is 333 g/mol. The van der Waals surface area contributed by atoms with Crippen molar-refractivity contribution in [2.45, 2.75) is 13.0 Å². The molecule has 0 aliphatic carbocycles. The third kappa shape index (κ3) is 2.36. The largest absolute Gasteiger partial charge is 0.496 e. The first kappa shape index (κ1) is 13.3. The molecule has 1 heterocycles. The molecule has 1 aliphatic rings.